The van der Waals surface area contributed by atoms with Gasteiger partial charge in [0.15, 0.2) is 0 Å². The normalized spacial score (nSPS) is 11.0. The molecule has 0 saturated heterocycles. The van der Waals surface area contributed by atoms with E-state index >= 15 is 0 Å². The number of nitrogens with one attached hydrogen (secondary N) is 1. The second-order valence-electron chi connectivity index (χ2n) is 5.97. The van der Waals surface area contributed by atoms with Gasteiger partial charge in [0.25, 0.3) is 0 Å². The van der Waals surface area contributed by atoms with Crippen LogP contribution in [0.2, 0.25) is 0 Å². The van der Waals surface area contributed by atoms with E-state index in [1.54, 1.807) is 6.07 Å². The molecule has 0 aliphatic heterocycles. The smallest absolute Gasteiger partial charge is 0.336 e. The summed E-state index contributed by atoms with van der Waals surface area (Å²) in [6, 6.07) is 21.8. The Morgan fingerprint density at radius 2 is 1.83 bits per heavy atom. The lowest BCUT2D eigenvalue weighted by atomic mass is 10.0. The van der Waals surface area contributed by atoms with E-state index in [2.05, 4.69) is 36.5 Å². The third kappa shape index (κ3) is 2.65. The first-order valence-corrected chi connectivity index (χ1v) is 7.96. The summed E-state index contributed by atoms with van der Waals surface area (Å²) in [6.07, 6.45) is 0. The monoisotopic (exact) mass is 315 g/mol. The summed E-state index contributed by atoms with van der Waals surface area (Å²) in [4.78, 5) is 11.9. The molecule has 0 aliphatic carbocycles. The van der Waals surface area contributed by atoms with E-state index in [4.69, 9.17) is 4.42 Å². The Morgan fingerprint density at radius 1 is 0.958 bits per heavy atom. The van der Waals surface area contributed by atoms with Gasteiger partial charge in [-0.05, 0) is 47.0 Å². The van der Waals surface area contributed by atoms with Gasteiger partial charge in [0.05, 0.1) is 0 Å². The quantitative estimate of drug-likeness (QED) is 0.433. The summed E-state index contributed by atoms with van der Waals surface area (Å²) in [5.74, 6) is 0. The largest absolute Gasteiger partial charge is 0.423 e. The van der Waals surface area contributed by atoms with Crippen LogP contribution in [-0.2, 0) is 6.54 Å². The highest BCUT2D eigenvalue weighted by atomic mass is 16.4. The first-order valence-electron chi connectivity index (χ1n) is 7.96. The predicted molar refractivity (Wildman–Crippen MR) is 98.5 cm³/mol. The molecule has 4 rings (SSSR count). The summed E-state index contributed by atoms with van der Waals surface area (Å²) in [7, 11) is 0. The molecule has 0 spiro atoms. The van der Waals surface area contributed by atoms with Crippen LogP contribution in [0.25, 0.3) is 21.7 Å². The molecule has 118 valence electrons. The average Bonchev–Trinajstić information content (AvgIpc) is 2.59. The van der Waals surface area contributed by atoms with Crippen LogP contribution in [0.15, 0.2) is 75.9 Å². The molecule has 1 aromatic heterocycles. The van der Waals surface area contributed by atoms with Crippen LogP contribution < -0.4 is 10.9 Å². The fraction of sp³-hybridized carbons (Fsp3) is 0.0952. The number of rotatable bonds is 3. The minimum absolute atomic E-state index is 0.321. The Balaban J connectivity index is 1.84. The van der Waals surface area contributed by atoms with E-state index < -0.39 is 0 Å². The van der Waals surface area contributed by atoms with Crippen LogP contribution in [0.4, 0.5) is 5.69 Å². The zero-order valence-electron chi connectivity index (χ0n) is 13.4. The zero-order chi connectivity index (χ0) is 16.5. The Hall–Kier alpha value is -3.07. The van der Waals surface area contributed by atoms with Gasteiger partial charge < -0.3 is 9.73 Å². The van der Waals surface area contributed by atoms with Crippen LogP contribution in [0.5, 0.6) is 0 Å². The molecular weight excluding hydrogens is 298 g/mol. The summed E-state index contributed by atoms with van der Waals surface area (Å²) >= 11 is 0. The molecule has 4 aromatic rings. The van der Waals surface area contributed by atoms with Crippen molar-refractivity contribution in [2.45, 2.75) is 13.5 Å². The van der Waals surface area contributed by atoms with Crippen molar-refractivity contribution >= 4 is 27.4 Å². The summed E-state index contributed by atoms with van der Waals surface area (Å²) in [5, 5.41) is 6.63. The van der Waals surface area contributed by atoms with Crippen LogP contribution in [0.3, 0.4) is 0 Å². The van der Waals surface area contributed by atoms with Gasteiger partial charge in [-0.1, -0.05) is 42.5 Å². The van der Waals surface area contributed by atoms with Crippen molar-refractivity contribution in [2.75, 3.05) is 5.32 Å². The highest BCUT2D eigenvalue weighted by Crippen LogP contribution is 2.27. The lowest BCUT2D eigenvalue weighted by Gasteiger charge is -2.11. The molecule has 0 saturated carbocycles. The first-order chi connectivity index (χ1) is 11.7. The summed E-state index contributed by atoms with van der Waals surface area (Å²) in [6.45, 7) is 2.63. The second-order valence-corrected chi connectivity index (χ2v) is 5.97. The van der Waals surface area contributed by atoms with E-state index in [-0.39, 0.29) is 5.63 Å². The fourth-order valence-electron chi connectivity index (χ4n) is 3.11. The van der Waals surface area contributed by atoms with Gasteiger partial charge in [0, 0.05) is 23.7 Å². The van der Waals surface area contributed by atoms with E-state index in [1.165, 1.54) is 5.56 Å². The van der Waals surface area contributed by atoms with Gasteiger partial charge in [-0.3, -0.25) is 0 Å². The maximum Gasteiger partial charge on any atom is 0.336 e. The molecule has 0 amide bonds. The van der Waals surface area contributed by atoms with Crippen LogP contribution >= 0.6 is 0 Å². The van der Waals surface area contributed by atoms with Crippen LogP contribution in [0, 0.1) is 6.92 Å². The Kier molecular flexibility index (Phi) is 3.54. The lowest BCUT2D eigenvalue weighted by Crippen LogP contribution is -2.06. The number of hydrogen-bond acceptors (Lipinski definition) is 3. The topological polar surface area (TPSA) is 42.2 Å². The number of anilines is 1. The van der Waals surface area contributed by atoms with Crippen molar-refractivity contribution in [3.05, 3.63) is 88.3 Å². The van der Waals surface area contributed by atoms with E-state index in [0.29, 0.717) is 12.1 Å². The molecule has 3 aromatic carbocycles. The van der Waals surface area contributed by atoms with Gasteiger partial charge in [-0.15, -0.1) is 0 Å². The zero-order valence-corrected chi connectivity index (χ0v) is 13.4. The molecule has 0 aliphatic rings. The van der Waals surface area contributed by atoms with Gasteiger partial charge in [-0.25, -0.2) is 4.79 Å². The summed E-state index contributed by atoms with van der Waals surface area (Å²) in [5.41, 5.74) is 3.49. The number of benzene rings is 3. The molecule has 3 nitrogen and oxygen atoms in total. The minimum atomic E-state index is -0.321. The molecule has 3 heteroatoms. The third-order valence-corrected chi connectivity index (χ3v) is 4.22. The van der Waals surface area contributed by atoms with Crippen molar-refractivity contribution in [1.82, 2.24) is 0 Å². The number of aryl methyl sites for hydroxylation is 1. The Morgan fingerprint density at radius 3 is 2.71 bits per heavy atom. The Bertz CT molecular complexity index is 1100. The van der Waals surface area contributed by atoms with Gasteiger partial charge in [0.2, 0.25) is 0 Å². The molecule has 0 bridgehead atoms. The molecule has 0 atom stereocenters. The Labute approximate surface area is 139 Å². The van der Waals surface area contributed by atoms with Gasteiger partial charge >= 0.3 is 5.63 Å². The highest BCUT2D eigenvalue weighted by molar-refractivity contribution is 6.07. The van der Waals surface area contributed by atoms with Crippen molar-refractivity contribution in [1.29, 1.82) is 0 Å². The third-order valence-electron chi connectivity index (χ3n) is 4.22. The van der Waals surface area contributed by atoms with Gasteiger partial charge in [-0.2, -0.15) is 0 Å². The molecule has 1 heterocycles. The maximum absolute atomic E-state index is 11.9. The molecule has 0 radical (unpaired) electrons. The number of hydrogen-bond donors (Lipinski definition) is 1. The first kappa shape index (κ1) is 14.5. The molecule has 0 unspecified atom stereocenters. The van der Waals surface area contributed by atoms with Crippen molar-refractivity contribution < 1.29 is 4.42 Å². The summed E-state index contributed by atoms with van der Waals surface area (Å²) < 4.78 is 5.40. The van der Waals surface area contributed by atoms with Crippen molar-refractivity contribution in [2.24, 2.45) is 0 Å². The molecule has 1 N–H and O–H groups in total. The predicted octanol–water partition coefficient (Wildman–Crippen LogP) is 4.87. The van der Waals surface area contributed by atoms with Crippen LogP contribution in [-0.4, -0.2) is 0 Å². The SMILES string of the molecule is Cc1cccc(NCc2cc(=O)oc3ccc4ccccc4c23)c1. The minimum Gasteiger partial charge on any atom is -0.423 e. The van der Waals surface area contributed by atoms with E-state index in [9.17, 15) is 4.79 Å². The average molecular weight is 315 g/mol. The number of fused-ring (bicyclic) bond motifs is 3. The van der Waals surface area contributed by atoms with Gasteiger partial charge in [0.1, 0.15) is 5.58 Å². The molecular formula is C21H17NO2. The highest BCUT2D eigenvalue weighted by Gasteiger charge is 2.09. The standard InChI is InChI=1S/C21H17NO2/c1-14-5-4-7-17(11-14)22-13-16-12-20(23)24-19-10-9-15-6-2-3-8-18(15)21(16)19/h2-12,22H,13H2,1H3. The molecule has 0 fully saturated rings. The second kappa shape index (κ2) is 5.85. The fourth-order valence-corrected chi connectivity index (χ4v) is 3.11. The van der Waals surface area contributed by atoms with Crippen molar-refractivity contribution in [3.63, 3.8) is 0 Å². The van der Waals surface area contributed by atoms with E-state index in [0.717, 1.165) is 27.4 Å². The maximum atomic E-state index is 11.9. The molecule has 24 heavy (non-hydrogen) atoms. The lowest BCUT2D eigenvalue weighted by molar-refractivity contribution is 0.559. The van der Waals surface area contributed by atoms with Crippen LogP contribution in [0.1, 0.15) is 11.1 Å². The van der Waals surface area contributed by atoms with E-state index in [1.807, 2.05) is 36.4 Å². The van der Waals surface area contributed by atoms with Crippen molar-refractivity contribution in [3.8, 4) is 0 Å².